The number of sulfonamides is 1. The van der Waals surface area contributed by atoms with Crippen LogP contribution < -0.4 is 9.62 Å². The molecule has 1 aliphatic rings. The molecule has 0 spiro atoms. The number of carbonyl (C=O) groups is 1. The minimum Gasteiger partial charge on any atom is -0.379 e. The van der Waals surface area contributed by atoms with Crippen LogP contribution in [0.5, 0.6) is 0 Å². The number of rotatable bonds is 9. The van der Waals surface area contributed by atoms with E-state index in [1.807, 2.05) is 24.3 Å². The maximum absolute atomic E-state index is 13.6. The third-order valence-electron chi connectivity index (χ3n) is 5.49. The third-order valence-corrected chi connectivity index (χ3v) is 6.96. The van der Waals surface area contributed by atoms with Crippen LogP contribution in [0.15, 0.2) is 42.5 Å². The molecule has 0 saturated carbocycles. The molecule has 33 heavy (non-hydrogen) atoms. The number of amides is 1. The molecule has 1 heterocycles. The summed E-state index contributed by atoms with van der Waals surface area (Å²) < 4.78 is 44.9. The SMILES string of the molecule is CC[C@@H](C(=O)NCc1ccc(CN2CCOCC2)cc1)N(c1ccc(F)c(Cl)c1)S(C)(=O)=O. The maximum Gasteiger partial charge on any atom is 0.244 e. The van der Waals surface area contributed by atoms with E-state index in [0.717, 1.165) is 55.0 Å². The molecule has 1 N–H and O–H groups in total. The first-order chi connectivity index (χ1) is 15.7. The Morgan fingerprint density at radius 2 is 1.82 bits per heavy atom. The second-order valence-corrected chi connectivity index (χ2v) is 10.3. The molecule has 1 fully saturated rings. The molecular weight excluding hydrogens is 469 g/mol. The van der Waals surface area contributed by atoms with Gasteiger partial charge in [0.05, 0.1) is 30.2 Å². The van der Waals surface area contributed by atoms with Gasteiger partial charge in [0.15, 0.2) is 0 Å². The summed E-state index contributed by atoms with van der Waals surface area (Å²) in [5.41, 5.74) is 2.22. The van der Waals surface area contributed by atoms with E-state index in [-0.39, 0.29) is 23.7 Å². The van der Waals surface area contributed by atoms with Crippen LogP contribution in [0.2, 0.25) is 5.02 Å². The number of halogens is 2. The number of hydrogen-bond donors (Lipinski definition) is 1. The predicted molar refractivity (Wildman–Crippen MR) is 127 cm³/mol. The Hall–Kier alpha value is -2.20. The van der Waals surface area contributed by atoms with Gasteiger partial charge in [-0.25, -0.2) is 12.8 Å². The minimum absolute atomic E-state index is 0.137. The molecule has 2 aromatic rings. The number of benzene rings is 2. The van der Waals surface area contributed by atoms with Crippen LogP contribution in [0.3, 0.4) is 0 Å². The summed E-state index contributed by atoms with van der Waals surface area (Å²) >= 11 is 5.84. The molecule has 2 aromatic carbocycles. The molecule has 0 bridgehead atoms. The largest absolute Gasteiger partial charge is 0.379 e. The highest BCUT2D eigenvalue weighted by Gasteiger charge is 2.31. The maximum atomic E-state index is 13.6. The van der Waals surface area contributed by atoms with E-state index in [1.54, 1.807) is 6.92 Å². The zero-order chi connectivity index (χ0) is 24.0. The van der Waals surface area contributed by atoms with Crippen molar-refractivity contribution in [1.29, 1.82) is 0 Å². The number of nitrogens with one attached hydrogen (secondary N) is 1. The number of morpholine rings is 1. The second kappa shape index (κ2) is 11.3. The molecule has 0 radical (unpaired) electrons. The number of hydrogen-bond acceptors (Lipinski definition) is 5. The quantitative estimate of drug-likeness (QED) is 0.575. The van der Waals surface area contributed by atoms with Gasteiger partial charge in [-0.05, 0) is 35.7 Å². The second-order valence-electron chi connectivity index (χ2n) is 8.00. The van der Waals surface area contributed by atoms with Gasteiger partial charge in [-0.15, -0.1) is 0 Å². The van der Waals surface area contributed by atoms with E-state index in [0.29, 0.717) is 0 Å². The van der Waals surface area contributed by atoms with E-state index in [9.17, 15) is 17.6 Å². The monoisotopic (exact) mass is 497 g/mol. The first kappa shape index (κ1) is 25.4. The van der Waals surface area contributed by atoms with Crippen LogP contribution in [-0.4, -0.2) is 57.8 Å². The third kappa shape index (κ3) is 6.89. The van der Waals surface area contributed by atoms with Crippen molar-refractivity contribution in [3.63, 3.8) is 0 Å². The van der Waals surface area contributed by atoms with E-state index in [2.05, 4.69) is 10.2 Å². The summed E-state index contributed by atoms with van der Waals surface area (Å²) in [6.45, 7) is 6.13. The Morgan fingerprint density at radius 1 is 1.18 bits per heavy atom. The Morgan fingerprint density at radius 3 is 2.39 bits per heavy atom. The van der Waals surface area contributed by atoms with Gasteiger partial charge in [0.25, 0.3) is 0 Å². The molecule has 3 rings (SSSR count). The van der Waals surface area contributed by atoms with Gasteiger partial charge in [-0.1, -0.05) is 42.8 Å². The van der Waals surface area contributed by atoms with Crippen LogP contribution in [0, 0.1) is 5.82 Å². The molecule has 10 heteroatoms. The van der Waals surface area contributed by atoms with Crippen molar-refractivity contribution >= 4 is 33.2 Å². The lowest BCUT2D eigenvalue weighted by Gasteiger charge is -2.30. The molecule has 1 aliphatic heterocycles. The van der Waals surface area contributed by atoms with Crippen LogP contribution in [0.4, 0.5) is 10.1 Å². The normalized spacial score (nSPS) is 15.8. The van der Waals surface area contributed by atoms with Crippen LogP contribution in [0.1, 0.15) is 24.5 Å². The summed E-state index contributed by atoms with van der Waals surface area (Å²) in [4.78, 5) is 15.3. The highest BCUT2D eigenvalue weighted by Crippen LogP contribution is 2.27. The molecule has 0 aliphatic carbocycles. The average molecular weight is 498 g/mol. The van der Waals surface area contributed by atoms with Crippen LogP contribution >= 0.6 is 11.6 Å². The molecule has 1 amide bonds. The number of ether oxygens (including phenoxy) is 1. The summed E-state index contributed by atoms with van der Waals surface area (Å²) in [5.74, 6) is -1.11. The minimum atomic E-state index is -3.83. The van der Waals surface area contributed by atoms with Crippen molar-refractivity contribution in [2.75, 3.05) is 36.9 Å². The molecule has 1 atom stereocenters. The lowest BCUT2D eigenvalue weighted by molar-refractivity contribution is -0.122. The molecule has 180 valence electrons. The Kier molecular flexibility index (Phi) is 8.69. The lowest BCUT2D eigenvalue weighted by Crippen LogP contribution is -2.49. The van der Waals surface area contributed by atoms with Crippen molar-refractivity contribution < 1.29 is 22.3 Å². The highest BCUT2D eigenvalue weighted by atomic mass is 35.5. The number of anilines is 1. The fourth-order valence-corrected chi connectivity index (χ4v) is 5.15. The highest BCUT2D eigenvalue weighted by molar-refractivity contribution is 7.92. The summed E-state index contributed by atoms with van der Waals surface area (Å²) in [5, 5.41) is 2.61. The first-order valence-corrected chi connectivity index (χ1v) is 13.0. The van der Waals surface area contributed by atoms with Crippen LogP contribution in [-0.2, 0) is 32.6 Å². The van der Waals surface area contributed by atoms with Crippen LogP contribution in [0.25, 0.3) is 0 Å². The van der Waals surface area contributed by atoms with Crippen molar-refractivity contribution in [3.05, 3.63) is 64.4 Å². The predicted octanol–water partition coefficient (Wildman–Crippen LogP) is 3.17. The van der Waals surface area contributed by atoms with Gasteiger partial charge in [-0.2, -0.15) is 0 Å². The van der Waals surface area contributed by atoms with E-state index < -0.39 is 27.8 Å². The molecular formula is C23H29ClFN3O4S. The molecule has 1 saturated heterocycles. The van der Waals surface area contributed by atoms with Gasteiger partial charge in [-0.3, -0.25) is 14.0 Å². The van der Waals surface area contributed by atoms with Gasteiger partial charge < -0.3 is 10.1 Å². The van der Waals surface area contributed by atoms with Gasteiger partial charge in [0.1, 0.15) is 11.9 Å². The lowest BCUT2D eigenvalue weighted by atomic mass is 10.1. The fourth-order valence-electron chi connectivity index (χ4n) is 3.77. The summed E-state index contributed by atoms with van der Waals surface area (Å²) in [7, 11) is -3.83. The molecule has 0 aromatic heterocycles. The van der Waals surface area contributed by atoms with Crippen molar-refractivity contribution in [3.8, 4) is 0 Å². The van der Waals surface area contributed by atoms with Gasteiger partial charge in [0, 0.05) is 26.2 Å². The topological polar surface area (TPSA) is 79.0 Å². The standard InChI is InChI=1S/C23H29ClFN3O4S/c1-3-22(28(33(2,30)31)19-8-9-21(25)20(24)14-19)23(29)26-15-17-4-6-18(7-5-17)16-27-10-12-32-13-11-27/h4-9,14,22H,3,10-13,15-16H2,1-2H3,(H,26,29)/t22-/m0/s1. The molecule has 7 nitrogen and oxygen atoms in total. The van der Waals surface area contributed by atoms with Gasteiger partial charge >= 0.3 is 0 Å². The van der Waals surface area contributed by atoms with Gasteiger partial charge in [0.2, 0.25) is 15.9 Å². The zero-order valence-electron chi connectivity index (χ0n) is 18.8. The van der Waals surface area contributed by atoms with Crippen molar-refractivity contribution in [2.45, 2.75) is 32.5 Å². The number of carbonyl (C=O) groups excluding carboxylic acids is 1. The molecule has 0 unspecified atom stereocenters. The summed E-state index contributed by atoms with van der Waals surface area (Å²) in [6.07, 6.45) is 1.24. The average Bonchev–Trinajstić information content (AvgIpc) is 2.78. The van der Waals surface area contributed by atoms with Crippen molar-refractivity contribution in [2.24, 2.45) is 0 Å². The van der Waals surface area contributed by atoms with E-state index >= 15 is 0 Å². The Bertz CT molecular complexity index is 1060. The Labute approximate surface area is 199 Å². The fraction of sp³-hybridized carbons (Fsp3) is 0.435. The zero-order valence-corrected chi connectivity index (χ0v) is 20.3. The Balaban J connectivity index is 1.67. The van der Waals surface area contributed by atoms with Crippen molar-refractivity contribution in [1.82, 2.24) is 10.2 Å². The number of nitrogens with zero attached hydrogens (tertiary/aromatic N) is 2. The van der Waals surface area contributed by atoms with E-state index in [1.165, 1.54) is 17.7 Å². The smallest absolute Gasteiger partial charge is 0.244 e. The summed E-state index contributed by atoms with van der Waals surface area (Å²) in [6, 6.07) is 10.5. The first-order valence-electron chi connectivity index (χ1n) is 10.8. The van der Waals surface area contributed by atoms with E-state index in [4.69, 9.17) is 16.3 Å².